The Balaban J connectivity index is 2.66. The van der Waals surface area contributed by atoms with Crippen molar-refractivity contribution in [1.82, 2.24) is 9.80 Å². The number of carbonyl (C=O) groups is 1. The Kier molecular flexibility index (Phi) is 5.21. The Morgan fingerprint density at radius 3 is 1.63 bits per heavy atom. The van der Waals surface area contributed by atoms with Crippen molar-refractivity contribution in [2.75, 3.05) is 39.4 Å². The van der Waals surface area contributed by atoms with Gasteiger partial charge >= 0.3 is 6.03 Å². The van der Waals surface area contributed by atoms with Gasteiger partial charge in [0.25, 0.3) is 0 Å². The summed E-state index contributed by atoms with van der Waals surface area (Å²) in [6, 6.07) is 0.0225. The molecule has 0 unspecified atom stereocenters. The van der Waals surface area contributed by atoms with Gasteiger partial charge in [-0.25, -0.2) is 4.79 Å². The minimum Gasteiger partial charge on any atom is -0.396 e. The summed E-state index contributed by atoms with van der Waals surface area (Å²) >= 11 is 0. The highest BCUT2D eigenvalue weighted by molar-refractivity contribution is 5.75. The maximum Gasteiger partial charge on any atom is 0.320 e. The normalized spacial score (nSPS) is 18.1. The van der Waals surface area contributed by atoms with E-state index in [0.29, 0.717) is 13.1 Å². The highest BCUT2D eigenvalue weighted by Crippen LogP contribution is 2.22. The van der Waals surface area contributed by atoms with Crippen molar-refractivity contribution < 1.29 is 15.0 Å². The highest BCUT2D eigenvalue weighted by Gasteiger charge is 2.32. The van der Waals surface area contributed by atoms with E-state index in [-0.39, 0.29) is 30.1 Å². The van der Waals surface area contributed by atoms with Gasteiger partial charge < -0.3 is 20.0 Å². The zero-order chi connectivity index (χ0) is 14.7. The average Bonchev–Trinajstić information content (AvgIpc) is 2.34. The molecular weight excluding hydrogens is 244 g/mol. The predicted octanol–water partition coefficient (Wildman–Crippen LogP) is 1.15. The Hall–Kier alpha value is -0.810. The first-order chi connectivity index (χ1) is 8.71. The number of hydrogen-bond donors (Lipinski definition) is 2. The van der Waals surface area contributed by atoms with Crippen LogP contribution in [0.4, 0.5) is 4.79 Å². The molecule has 0 saturated carbocycles. The summed E-state index contributed by atoms with van der Waals surface area (Å²) in [5.74, 6) is 0. The molecule has 112 valence electrons. The molecular formula is C14H28N2O3. The minimum absolute atomic E-state index is 0.0225. The van der Waals surface area contributed by atoms with Crippen molar-refractivity contribution in [1.29, 1.82) is 0 Å². The topological polar surface area (TPSA) is 64.0 Å². The van der Waals surface area contributed by atoms with Crippen LogP contribution in [0.5, 0.6) is 0 Å². The second-order valence-electron chi connectivity index (χ2n) is 7.12. The van der Waals surface area contributed by atoms with Gasteiger partial charge in [-0.1, -0.05) is 27.7 Å². The van der Waals surface area contributed by atoms with E-state index >= 15 is 0 Å². The largest absolute Gasteiger partial charge is 0.396 e. The van der Waals surface area contributed by atoms with Gasteiger partial charge in [-0.2, -0.15) is 0 Å². The van der Waals surface area contributed by atoms with Gasteiger partial charge in [0.1, 0.15) is 0 Å². The molecule has 0 aliphatic carbocycles. The van der Waals surface area contributed by atoms with Gasteiger partial charge in [-0.15, -0.1) is 0 Å². The number of urea groups is 1. The van der Waals surface area contributed by atoms with E-state index < -0.39 is 0 Å². The molecule has 19 heavy (non-hydrogen) atoms. The van der Waals surface area contributed by atoms with Crippen molar-refractivity contribution in [2.24, 2.45) is 10.8 Å². The van der Waals surface area contributed by atoms with E-state index in [1.807, 2.05) is 37.5 Å². The highest BCUT2D eigenvalue weighted by atomic mass is 16.3. The van der Waals surface area contributed by atoms with E-state index in [9.17, 15) is 15.0 Å². The molecule has 2 N–H and O–H groups in total. The van der Waals surface area contributed by atoms with Gasteiger partial charge in [0, 0.05) is 50.2 Å². The summed E-state index contributed by atoms with van der Waals surface area (Å²) in [6.07, 6.45) is 0.939. The lowest BCUT2D eigenvalue weighted by Gasteiger charge is -2.41. The third-order valence-electron chi connectivity index (χ3n) is 3.49. The Morgan fingerprint density at radius 1 is 0.947 bits per heavy atom. The van der Waals surface area contributed by atoms with Crippen molar-refractivity contribution in [3.05, 3.63) is 0 Å². The van der Waals surface area contributed by atoms with E-state index in [0.717, 1.165) is 19.5 Å². The van der Waals surface area contributed by atoms with Crippen molar-refractivity contribution in [3.8, 4) is 0 Å². The fourth-order valence-corrected chi connectivity index (χ4v) is 2.27. The number of hydrogen-bond acceptors (Lipinski definition) is 3. The molecule has 1 aliphatic rings. The van der Waals surface area contributed by atoms with Gasteiger partial charge in [0.2, 0.25) is 0 Å². The Labute approximate surface area is 116 Å². The summed E-state index contributed by atoms with van der Waals surface area (Å²) < 4.78 is 0. The van der Waals surface area contributed by atoms with Crippen LogP contribution in [0.2, 0.25) is 0 Å². The quantitative estimate of drug-likeness (QED) is 0.762. The fourth-order valence-electron chi connectivity index (χ4n) is 2.27. The number of aliphatic hydroxyl groups is 2. The fraction of sp³-hybridized carbons (Fsp3) is 0.929. The van der Waals surface area contributed by atoms with Gasteiger partial charge in [-0.3, -0.25) is 0 Å². The second-order valence-corrected chi connectivity index (χ2v) is 7.12. The summed E-state index contributed by atoms with van der Waals surface area (Å²) in [7, 11) is 0. The molecule has 0 radical (unpaired) electrons. The van der Waals surface area contributed by atoms with Crippen LogP contribution in [-0.4, -0.2) is 65.4 Å². The first-order valence-corrected chi connectivity index (χ1v) is 6.96. The lowest BCUT2D eigenvalue weighted by molar-refractivity contribution is 0.0591. The van der Waals surface area contributed by atoms with E-state index in [2.05, 4.69) is 0 Å². The van der Waals surface area contributed by atoms with Crippen LogP contribution in [0.15, 0.2) is 0 Å². The van der Waals surface area contributed by atoms with E-state index in [4.69, 9.17) is 0 Å². The molecule has 1 rings (SSSR count). The molecule has 1 heterocycles. The van der Waals surface area contributed by atoms with Crippen molar-refractivity contribution in [2.45, 2.75) is 34.1 Å². The maximum atomic E-state index is 12.4. The zero-order valence-corrected chi connectivity index (χ0v) is 12.6. The van der Waals surface area contributed by atoms with E-state index in [1.165, 1.54) is 0 Å². The SMILES string of the molecule is CC(C)(CO)CN1CCCN(CC(C)(C)CO)C1=O. The number of rotatable bonds is 6. The molecule has 0 spiro atoms. The Bertz CT molecular complexity index is 288. The van der Waals surface area contributed by atoms with Crippen LogP contribution in [0.1, 0.15) is 34.1 Å². The van der Waals surface area contributed by atoms with Crippen LogP contribution in [0, 0.1) is 10.8 Å². The second kappa shape index (κ2) is 6.09. The summed E-state index contributed by atoms with van der Waals surface area (Å²) in [5.41, 5.74) is -0.545. The van der Waals surface area contributed by atoms with E-state index in [1.54, 1.807) is 0 Å². The molecule has 5 nitrogen and oxygen atoms in total. The van der Waals surface area contributed by atoms with Crippen LogP contribution in [-0.2, 0) is 0 Å². The maximum absolute atomic E-state index is 12.4. The summed E-state index contributed by atoms with van der Waals surface area (Å²) in [4.78, 5) is 16.0. The number of nitrogens with zero attached hydrogens (tertiary/aromatic N) is 2. The molecule has 0 atom stereocenters. The smallest absolute Gasteiger partial charge is 0.320 e. The van der Waals surface area contributed by atoms with Gasteiger partial charge in [0.15, 0.2) is 0 Å². The molecule has 1 aliphatic heterocycles. The molecule has 0 aromatic rings. The lowest BCUT2D eigenvalue weighted by atomic mass is 9.92. The standard InChI is InChI=1S/C14H28N2O3/c1-13(2,10-17)8-15-6-5-7-16(12(15)19)9-14(3,4)11-18/h17-18H,5-11H2,1-4H3. The lowest BCUT2D eigenvalue weighted by Crippen LogP contribution is -2.54. The average molecular weight is 272 g/mol. The molecule has 5 heteroatoms. The molecule has 2 amide bonds. The third kappa shape index (κ3) is 4.66. The predicted molar refractivity (Wildman–Crippen MR) is 74.9 cm³/mol. The molecule has 0 bridgehead atoms. The molecule has 0 aromatic heterocycles. The van der Waals surface area contributed by atoms with Crippen molar-refractivity contribution >= 4 is 6.03 Å². The number of amides is 2. The van der Waals surface area contributed by atoms with Crippen molar-refractivity contribution in [3.63, 3.8) is 0 Å². The van der Waals surface area contributed by atoms with Crippen LogP contribution in [0.3, 0.4) is 0 Å². The van der Waals surface area contributed by atoms with Crippen LogP contribution >= 0.6 is 0 Å². The monoisotopic (exact) mass is 272 g/mol. The molecule has 1 fully saturated rings. The van der Waals surface area contributed by atoms with Gasteiger partial charge in [0.05, 0.1) is 0 Å². The van der Waals surface area contributed by atoms with Crippen LogP contribution in [0.25, 0.3) is 0 Å². The first-order valence-electron chi connectivity index (χ1n) is 6.96. The first kappa shape index (κ1) is 16.2. The number of aliphatic hydroxyl groups excluding tert-OH is 2. The molecule has 1 saturated heterocycles. The number of carbonyl (C=O) groups excluding carboxylic acids is 1. The molecule has 0 aromatic carbocycles. The van der Waals surface area contributed by atoms with Crippen LogP contribution < -0.4 is 0 Å². The third-order valence-corrected chi connectivity index (χ3v) is 3.49. The minimum atomic E-state index is -0.273. The zero-order valence-electron chi connectivity index (χ0n) is 12.6. The Morgan fingerprint density at radius 2 is 1.32 bits per heavy atom. The van der Waals surface area contributed by atoms with Gasteiger partial charge in [-0.05, 0) is 6.42 Å². The summed E-state index contributed by atoms with van der Waals surface area (Å²) in [5, 5.41) is 18.6. The summed E-state index contributed by atoms with van der Waals surface area (Å²) in [6.45, 7) is 10.6.